The molecule has 0 fully saturated rings. The largest absolute Gasteiger partial charge is 0.495 e. The molecule has 1 aromatic carbocycles. The molecule has 0 bridgehead atoms. The second-order valence-corrected chi connectivity index (χ2v) is 4.65. The van der Waals surface area contributed by atoms with Gasteiger partial charge in [-0.25, -0.2) is 0 Å². The Labute approximate surface area is 105 Å². The van der Waals surface area contributed by atoms with E-state index in [-0.39, 0.29) is 0 Å². The maximum atomic E-state index is 5.53. The Morgan fingerprint density at radius 2 is 2.06 bits per heavy atom. The van der Waals surface area contributed by atoms with Crippen LogP contribution in [0.4, 0.5) is 5.69 Å². The number of rotatable bonds is 6. The summed E-state index contributed by atoms with van der Waals surface area (Å²) in [6.45, 7) is 6.05. The fourth-order valence-electron chi connectivity index (χ4n) is 1.82. The van der Waals surface area contributed by atoms with Crippen LogP contribution in [-0.2, 0) is 0 Å². The Morgan fingerprint density at radius 1 is 1.35 bits per heavy atom. The average molecular weight is 236 g/mol. The van der Waals surface area contributed by atoms with Crippen LogP contribution in [0.1, 0.15) is 31.7 Å². The van der Waals surface area contributed by atoms with Crippen LogP contribution in [0.15, 0.2) is 18.2 Å². The first-order valence-electron chi connectivity index (χ1n) is 6.19. The Morgan fingerprint density at radius 3 is 2.59 bits per heavy atom. The third kappa shape index (κ3) is 3.63. The van der Waals surface area contributed by atoms with Crippen molar-refractivity contribution in [1.29, 1.82) is 0 Å². The molecule has 3 heteroatoms. The summed E-state index contributed by atoms with van der Waals surface area (Å²) in [5, 5.41) is 0. The smallest absolute Gasteiger partial charge is 0.142 e. The van der Waals surface area contributed by atoms with Gasteiger partial charge in [0.05, 0.1) is 12.8 Å². The van der Waals surface area contributed by atoms with Gasteiger partial charge in [0.1, 0.15) is 5.75 Å². The first-order chi connectivity index (χ1) is 8.10. The van der Waals surface area contributed by atoms with Crippen molar-refractivity contribution in [3.8, 4) is 5.75 Å². The van der Waals surface area contributed by atoms with Crippen LogP contribution in [-0.4, -0.2) is 27.2 Å². The van der Waals surface area contributed by atoms with Crippen LogP contribution in [0.5, 0.6) is 5.75 Å². The molecule has 17 heavy (non-hydrogen) atoms. The van der Waals surface area contributed by atoms with Gasteiger partial charge in [-0.15, -0.1) is 0 Å². The third-order valence-electron chi connectivity index (χ3n) is 2.98. The number of nitrogens with two attached hydrogens (primary N) is 1. The average Bonchev–Trinajstić information content (AvgIpc) is 2.34. The van der Waals surface area contributed by atoms with Crippen LogP contribution in [0.25, 0.3) is 0 Å². The first kappa shape index (κ1) is 13.8. The third-order valence-corrected chi connectivity index (χ3v) is 2.98. The van der Waals surface area contributed by atoms with E-state index in [1.165, 1.54) is 5.56 Å². The van der Waals surface area contributed by atoms with E-state index in [4.69, 9.17) is 10.5 Å². The molecule has 0 aliphatic heterocycles. The van der Waals surface area contributed by atoms with Gasteiger partial charge >= 0.3 is 0 Å². The van der Waals surface area contributed by atoms with Gasteiger partial charge in [0.25, 0.3) is 0 Å². The fourth-order valence-corrected chi connectivity index (χ4v) is 1.82. The number of hydrogen-bond acceptors (Lipinski definition) is 3. The van der Waals surface area contributed by atoms with Crippen molar-refractivity contribution in [1.82, 2.24) is 0 Å². The molecule has 0 unspecified atom stereocenters. The molecule has 1 aromatic rings. The number of ether oxygens (including phenoxy) is 1. The van der Waals surface area contributed by atoms with Gasteiger partial charge in [-0.1, -0.05) is 19.9 Å². The Kier molecular flexibility index (Phi) is 5.29. The van der Waals surface area contributed by atoms with Gasteiger partial charge in [-0.05, 0) is 36.6 Å². The van der Waals surface area contributed by atoms with E-state index < -0.39 is 0 Å². The van der Waals surface area contributed by atoms with Crippen molar-refractivity contribution >= 4 is 5.69 Å². The van der Waals surface area contributed by atoms with E-state index in [0.717, 1.165) is 30.9 Å². The maximum Gasteiger partial charge on any atom is 0.142 e. The molecular formula is C14H24N2O. The minimum atomic E-state index is 0.521. The normalized spacial score (nSPS) is 10.7. The summed E-state index contributed by atoms with van der Waals surface area (Å²) in [5.74, 6) is 1.46. The molecule has 0 aliphatic carbocycles. The lowest BCUT2D eigenvalue weighted by atomic mass is 10.0. The van der Waals surface area contributed by atoms with Crippen molar-refractivity contribution in [2.75, 3.05) is 32.1 Å². The molecule has 0 atom stereocenters. The van der Waals surface area contributed by atoms with E-state index >= 15 is 0 Å². The van der Waals surface area contributed by atoms with Crippen LogP contribution < -0.4 is 15.4 Å². The molecule has 1 rings (SSSR count). The van der Waals surface area contributed by atoms with Gasteiger partial charge in [-0.2, -0.15) is 0 Å². The lowest BCUT2D eigenvalue weighted by Crippen LogP contribution is -2.21. The topological polar surface area (TPSA) is 38.5 Å². The van der Waals surface area contributed by atoms with Crippen LogP contribution in [0.3, 0.4) is 0 Å². The maximum absolute atomic E-state index is 5.53. The van der Waals surface area contributed by atoms with Crippen molar-refractivity contribution in [3.05, 3.63) is 23.8 Å². The quantitative estimate of drug-likeness (QED) is 0.825. The van der Waals surface area contributed by atoms with Crippen molar-refractivity contribution < 1.29 is 4.74 Å². The summed E-state index contributed by atoms with van der Waals surface area (Å²) in [6, 6.07) is 6.42. The summed E-state index contributed by atoms with van der Waals surface area (Å²) >= 11 is 0. The molecule has 3 nitrogen and oxygen atoms in total. The van der Waals surface area contributed by atoms with Gasteiger partial charge < -0.3 is 15.4 Å². The van der Waals surface area contributed by atoms with Gasteiger partial charge in [0.2, 0.25) is 0 Å². The summed E-state index contributed by atoms with van der Waals surface area (Å²) in [5.41, 5.74) is 7.96. The monoisotopic (exact) mass is 236 g/mol. The molecule has 0 aliphatic rings. The van der Waals surface area contributed by atoms with Gasteiger partial charge in [0.15, 0.2) is 0 Å². The van der Waals surface area contributed by atoms with E-state index in [2.05, 4.69) is 44.0 Å². The van der Waals surface area contributed by atoms with E-state index in [9.17, 15) is 0 Å². The Balaban J connectivity index is 2.91. The Bertz CT molecular complexity index is 350. The second-order valence-electron chi connectivity index (χ2n) is 4.65. The summed E-state index contributed by atoms with van der Waals surface area (Å²) in [6.07, 6.45) is 0.992. The highest BCUT2D eigenvalue weighted by Gasteiger charge is 2.10. The molecule has 0 heterocycles. The fraction of sp³-hybridized carbons (Fsp3) is 0.571. The zero-order chi connectivity index (χ0) is 12.8. The van der Waals surface area contributed by atoms with Gasteiger partial charge in [0, 0.05) is 13.6 Å². The van der Waals surface area contributed by atoms with E-state index in [1.54, 1.807) is 7.11 Å². The molecule has 0 saturated carbocycles. The Hall–Kier alpha value is -1.22. The second kappa shape index (κ2) is 6.50. The molecule has 0 aromatic heterocycles. The van der Waals surface area contributed by atoms with Crippen molar-refractivity contribution in [2.24, 2.45) is 5.73 Å². The minimum Gasteiger partial charge on any atom is -0.495 e. The van der Waals surface area contributed by atoms with Crippen LogP contribution in [0.2, 0.25) is 0 Å². The number of nitrogens with zero attached hydrogens (tertiary/aromatic N) is 1. The van der Waals surface area contributed by atoms with E-state index in [1.807, 2.05) is 0 Å². The highest BCUT2D eigenvalue weighted by Crippen LogP contribution is 2.31. The zero-order valence-corrected chi connectivity index (χ0v) is 11.4. The van der Waals surface area contributed by atoms with Crippen LogP contribution >= 0.6 is 0 Å². The highest BCUT2D eigenvalue weighted by molar-refractivity contribution is 5.59. The standard InChI is InChI=1S/C14H24N2O/c1-11(2)12-6-7-13(14(10-12)17-4)16(3)9-5-8-15/h6-7,10-11H,5,8-9,15H2,1-4H3. The number of hydrogen-bond donors (Lipinski definition) is 1. The van der Waals surface area contributed by atoms with Crippen LogP contribution in [0, 0.1) is 0 Å². The zero-order valence-electron chi connectivity index (χ0n) is 11.4. The number of anilines is 1. The summed E-state index contributed by atoms with van der Waals surface area (Å²) in [7, 11) is 3.79. The number of methoxy groups -OCH3 is 1. The molecule has 0 amide bonds. The SMILES string of the molecule is COc1cc(C(C)C)ccc1N(C)CCCN. The molecule has 96 valence electrons. The first-order valence-corrected chi connectivity index (χ1v) is 6.19. The van der Waals surface area contributed by atoms with Crippen molar-refractivity contribution in [2.45, 2.75) is 26.2 Å². The summed E-state index contributed by atoms with van der Waals surface area (Å²) < 4.78 is 5.46. The molecule has 0 radical (unpaired) electrons. The molecular weight excluding hydrogens is 212 g/mol. The predicted octanol–water partition coefficient (Wildman–Crippen LogP) is 2.60. The van der Waals surface area contributed by atoms with Crippen molar-refractivity contribution in [3.63, 3.8) is 0 Å². The molecule has 2 N–H and O–H groups in total. The van der Waals surface area contributed by atoms with Gasteiger partial charge in [-0.3, -0.25) is 0 Å². The predicted molar refractivity (Wildman–Crippen MR) is 74.0 cm³/mol. The lowest BCUT2D eigenvalue weighted by molar-refractivity contribution is 0.414. The minimum absolute atomic E-state index is 0.521. The summed E-state index contributed by atoms with van der Waals surface area (Å²) in [4.78, 5) is 2.19. The van der Waals surface area contributed by atoms with E-state index in [0.29, 0.717) is 5.92 Å². The number of benzene rings is 1. The molecule has 0 saturated heterocycles. The molecule has 0 spiro atoms. The lowest BCUT2D eigenvalue weighted by Gasteiger charge is -2.22. The highest BCUT2D eigenvalue weighted by atomic mass is 16.5.